The molecule has 0 saturated carbocycles. The van der Waals surface area contributed by atoms with Gasteiger partial charge in [0.2, 0.25) is 0 Å². The Hall–Kier alpha value is -0.920. The van der Waals surface area contributed by atoms with Crippen LogP contribution in [0.1, 0.15) is 19.2 Å². The highest BCUT2D eigenvalue weighted by Gasteiger charge is 2.32. The molecule has 1 unspecified atom stereocenters. The fourth-order valence-corrected chi connectivity index (χ4v) is 3.41. The molecule has 1 saturated heterocycles. The third kappa shape index (κ3) is 2.36. The number of nitrogens with one attached hydrogen (secondary N) is 2. The summed E-state index contributed by atoms with van der Waals surface area (Å²) in [6.07, 6.45) is 2.96. The number of hydrogen-bond donors (Lipinski definition) is 2. The summed E-state index contributed by atoms with van der Waals surface area (Å²) in [4.78, 5) is 6.89. The van der Waals surface area contributed by atoms with Crippen LogP contribution in [-0.2, 0) is 16.4 Å². The zero-order valence-corrected chi connectivity index (χ0v) is 10.9. The summed E-state index contributed by atoms with van der Waals surface area (Å²) in [5.74, 6) is 0.702. The molecule has 1 atom stereocenters. The molecule has 1 aliphatic heterocycles. The Morgan fingerprint density at radius 3 is 2.94 bits per heavy atom. The van der Waals surface area contributed by atoms with Gasteiger partial charge in [-0.3, -0.25) is 0 Å². The smallest absolute Gasteiger partial charge is 0.260 e. The average molecular weight is 258 g/mol. The summed E-state index contributed by atoms with van der Waals surface area (Å²) in [5, 5.41) is 3.30. The first kappa shape index (κ1) is 12.5. The van der Waals surface area contributed by atoms with Gasteiger partial charge in [0.05, 0.1) is 6.20 Å². The lowest BCUT2D eigenvalue weighted by Crippen LogP contribution is -2.33. The van der Waals surface area contributed by atoms with Gasteiger partial charge in [0, 0.05) is 25.6 Å². The van der Waals surface area contributed by atoms with Gasteiger partial charge in [-0.15, -0.1) is 0 Å². The number of sulfonamides is 1. The van der Waals surface area contributed by atoms with Crippen LogP contribution in [0.3, 0.4) is 0 Å². The largest absolute Gasteiger partial charge is 0.332 e. The van der Waals surface area contributed by atoms with E-state index < -0.39 is 10.0 Å². The minimum absolute atomic E-state index is 0.200. The number of aryl methyl sites for hydroxylation is 1. The molecule has 0 aromatic carbocycles. The molecule has 0 aliphatic carbocycles. The monoisotopic (exact) mass is 258 g/mol. The molecule has 0 bridgehead atoms. The van der Waals surface area contributed by atoms with Crippen LogP contribution in [0.25, 0.3) is 0 Å². The van der Waals surface area contributed by atoms with E-state index in [-0.39, 0.29) is 11.1 Å². The van der Waals surface area contributed by atoms with Crippen LogP contribution in [0.15, 0.2) is 11.2 Å². The van der Waals surface area contributed by atoms with Crippen molar-refractivity contribution in [2.75, 3.05) is 20.1 Å². The molecule has 0 radical (unpaired) electrons. The lowest BCUT2D eigenvalue weighted by molar-refractivity contribution is 0.462. The van der Waals surface area contributed by atoms with Gasteiger partial charge in [-0.05, 0) is 13.5 Å². The molecular weight excluding hydrogens is 240 g/mol. The first-order valence-electron chi connectivity index (χ1n) is 5.79. The van der Waals surface area contributed by atoms with Crippen molar-refractivity contribution >= 4 is 10.0 Å². The van der Waals surface area contributed by atoms with Crippen molar-refractivity contribution in [3.8, 4) is 0 Å². The molecule has 0 spiro atoms. The van der Waals surface area contributed by atoms with Crippen LogP contribution in [0.2, 0.25) is 0 Å². The molecule has 96 valence electrons. The highest BCUT2D eigenvalue weighted by Crippen LogP contribution is 2.19. The number of likely N-dealkylation sites (N-methyl/N-ethyl adjacent to an activating group) is 1. The van der Waals surface area contributed by atoms with Crippen LogP contribution < -0.4 is 5.32 Å². The van der Waals surface area contributed by atoms with Gasteiger partial charge >= 0.3 is 0 Å². The number of hydrogen-bond acceptors (Lipinski definition) is 4. The van der Waals surface area contributed by atoms with Crippen molar-refractivity contribution in [1.29, 1.82) is 0 Å². The minimum atomic E-state index is -3.40. The highest BCUT2D eigenvalue weighted by molar-refractivity contribution is 7.89. The average Bonchev–Trinajstić information content (AvgIpc) is 2.98. The first-order chi connectivity index (χ1) is 8.07. The Bertz CT molecular complexity index is 482. The molecule has 1 aliphatic rings. The Morgan fingerprint density at radius 2 is 2.41 bits per heavy atom. The molecular formula is C10H18N4O2S. The highest BCUT2D eigenvalue weighted by atomic mass is 32.2. The fraction of sp³-hybridized carbons (Fsp3) is 0.700. The predicted octanol–water partition coefficient (Wildman–Crippen LogP) is -0.0455. The zero-order valence-electron chi connectivity index (χ0n) is 10.1. The van der Waals surface area contributed by atoms with Crippen LogP contribution in [-0.4, -0.2) is 48.9 Å². The third-order valence-electron chi connectivity index (χ3n) is 3.12. The summed E-state index contributed by atoms with van der Waals surface area (Å²) in [6.45, 7) is 3.02. The molecule has 1 fully saturated rings. The van der Waals surface area contributed by atoms with E-state index in [9.17, 15) is 8.42 Å². The lowest BCUT2D eigenvalue weighted by Gasteiger charge is -2.14. The molecule has 2 rings (SSSR count). The van der Waals surface area contributed by atoms with E-state index in [2.05, 4.69) is 15.3 Å². The van der Waals surface area contributed by atoms with Gasteiger partial charge in [0.15, 0.2) is 5.03 Å². The fourth-order valence-electron chi connectivity index (χ4n) is 1.98. The second kappa shape index (κ2) is 4.75. The van der Waals surface area contributed by atoms with E-state index in [1.54, 1.807) is 0 Å². The van der Waals surface area contributed by atoms with Crippen molar-refractivity contribution in [1.82, 2.24) is 19.6 Å². The summed E-state index contributed by atoms with van der Waals surface area (Å²) < 4.78 is 26.0. The number of nitrogens with zero attached hydrogens (tertiary/aromatic N) is 2. The Morgan fingerprint density at radius 1 is 1.65 bits per heavy atom. The second-order valence-corrected chi connectivity index (χ2v) is 6.09. The van der Waals surface area contributed by atoms with Crippen molar-refractivity contribution in [3.63, 3.8) is 0 Å². The maximum atomic E-state index is 12.3. The van der Waals surface area contributed by atoms with Crippen molar-refractivity contribution in [3.05, 3.63) is 12.0 Å². The predicted molar refractivity (Wildman–Crippen MR) is 64.2 cm³/mol. The van der Waals surface area contributed by atoms with E-state index in [0.29, 0.717) is 25.3 Å². The summed E-state index contributed by atoms with van der Waals surface area (Å²) in [6, 6.07) is 0.248. The Balaban J connectivity index is 2.19. The lowest BCUT2D eigenvalue weighted by atomic mass is 10.3. The maximum Gasteiger partial charge on any atom is 0.260 e. The normalized spacial score (nSPS) is 22.1. The molecule has 1 aromatic rings. The van der Waals surface area contributed by atoms with Gasteiger partial charge in [-0.25, -0.2) is 13.4 Å². The molecule has 7 heteroatoms. The number of aromatic amines is 1. The Kier molecular flexibility index (Phi) is 3.50. The zero-order chi connectivity index (χ0) is 12.5. The van der Waals surface area contributed by atoms with Crippen molar-refractivity contribution in [2.45, 2.75) is 30.8 Å². The number of imidazole rings is 1. The van der Waals surface area contributed by atoms with Gasteiger partial charge in [0.1, 0.15) is 5.82 Å². The molecule has 0 amide bonds. The third-order valence-corrected chi connectivity index (χ3v) is 4.89. The second-order valence-electron chi connectivity index (χ2n) is 4.19. The molecule has 1 aromatic heterocycles. The summed E-state index contributed by atoms with van der Waals surface area (Å²) >= 11 is 0. The van der Waals surface area contributed by atoms with E-state index in [4.69, 9.17) is 0 Å². The standard InChI is InChI=1S/C10H18N4O2S/c1-3-9-12-6-10(13-9)17(15,16)14-5-4-8(7-14)11-2/h6,8,11H,3-5,7H2,1-2H3,(H,12,13). The van der Waals surface area contributed by atoms with E-state index in [1.807, 2.05) is 14.0 Å². The quantitative estimate of drug-likeness (QED) is 0.794. The number of H-pyrrole nitrogens is 1. The van der Waals surface area contributed by atoms with E-state index in [0.717, 1.165) is 6.42 Å². The minimum Gasteiger partial charge on any atom is -0.332 e. The van der Waals surface area contributed by atoms with E-state index in [1.165, 1.54) is 10.5 Å². The molecule has 17 heavy (non-hydrogen) atoms. The van der Waals surface area contributed by atoms with Gasteiger partial charge in [-0.2, -0.15) is 4.31 Å². The topological polar surface area (TPSA) is 78.1 Å². The van der Waals surface area contributed by atoms with Crippen molar-refractivity contribution in [2.24, 2.45) is 0 Å². The van der Waals surface area contributed by atoms with Crippen LogP contribution in [0.5, 0.6) is 0 Å². The van der Waals surface area contributed by atoms with E-state index >= 15 is 0 Å². The summed E-state index contributed by atoms with van der Waals surface area (Å²) in [5.41, 5.74) is 0. The van der Waals surface area contributed by atoms with Gasteiger partial charge in [-0.1, -0.05) is 6.92 Å². The van der Waals surface area contributed by atoms with Gasteiger partial charge in [0.25, 0.3) is 10.0 Å². The van der Waals surface area contributed by atoms with Crippen molar-refractivity contribution < 1.29 is 8.42 Å². The van der Waals surface area contributed by atoms with Gasteiger partial charge < -0.3 is 10.3 Å². The first-order valence-corrected chi connectivity index (χ1v) is 7.23. The number of aromatic nitrogens is 2. The molecule has 6 nitrogen and oxygen atoms in total. The van der Waals surface area contributed by atoms with Crippen LogP contribution >= 0.6 is 0 Å². The van der Waals surface area contributed by atoms with Crippen LogP contribution in [0, 0.1) is 0 Å². The molecule has 2 heterocycles. The maximum absolute atomic E-state index is 12.3. The number of rotatable bonds is 4. The summed E-state index contributed by atoms with van der Waals surface area (Å²) in [7, 11) is -1.54. The Labute approximate surface area is 101 Å². The molecule has 2 N–H and O–H groups in total. The van der Waals surface area contributed by atoms with Crippen LogP contribution in [0.4, 0.5) is 0 Å². The SMILES string of the molecule is CCc1ncc(S(=O)(=O)N2CCC(NC)C2)[nH]1.